The molecule has 1 aliphatic carbocycles. The number of β-amino-alcohol motifs (C(OH)–C–C–N with tert-alkyl or cyclic N) is 1. The lowest BCUT2D eigenvalue weighted by molar-refractivity contribution is -0.128. The molecule has 2 aliphatic rings. The van der Waals surface area contributed by atoms with Gasteiger partial charge in [-0.15, -0.1) is 10.2 Å². The van der Waals surface area contributed by atoms with Crippen LogP contribution in [-0.4, -0.2) is 55.1 Å². The van der Waals surface area contributed by atoms with Crippen LogP contribution in [0, 0.1) is 11.8 Å². The third-order valence-corrected chi connectivity index (χ3v) is 5.44. The van der Waals surface area contributed by atoms with Crippen molar-refractivity contribution in [2.75, 3.05) is 18.8 Å². The van der Waals surface area contributed by atoms with E-state index >= 15 is 0 Å². The van der Waals surface area contributed by atoms with Crippen molar-refractivity contribution in [1.82, 2.24) is 19.7 Å². The summed E-state index contributed by atoms with van der Waals surface area (Å²) in [5.41, 5.74) is -0.662. The van der Waals surface area contributed by atoms with Gasteiger partial charge in [-0.05, 0) is 18.8 Å². The first-order valence-corrected chi connectivity index (χ1v) is 7.96. The molecule has 20 heavy (non-hydrogen) atoms. The molecule has 2 fully saturated rings. The highest BCUT2D eigenvalue weighted by Crippen LogP contribution is 2.47. The SMILES string of the molecule is C[C@@H]1CN(C(=O)CSc2nncn2C)C[C@@]1(O)C1CC1. The van der Waals surface area contributed by atoms with E-state index in [1.165, 1.54) is 11.8 Å². The largest absolute Gasteiger partial charge is 0.387 e. The third-order valence-electron chi connectivity index (χ3n) is 4.42. The van der Waals surface area contributed by atoms with Crippen LogP contribution in [-0.2, 0) is 11.8 Å². The van der Waals surface area contributed by atoms with Gasteiger partial charge in [0.05, 0.1) is 17.9 Å². The van der Waals surface area contributed by atoms with Crippen LogP contribution >= 0.6 is 11.8 Å². The zero-order valence-electron chi connectivity index (χ0n) is 11.8. The number of aromatic nitrogens is 3. The van der Waals surface area contributed by atoms with Gasteiger partial charge in [0.2, 0.25) is 5.91 Å². The predicted molar refractivity (Wildman–Crippen MR) is 75.1 cm³/mol. The summed E-state index contributed by atoms with van der Waals surface area (Å²) in [6, 6.07) is 0. The van der Waals surface area contributed by atoms with Crippen LogP contribution in [0.25, 0.3) is 0 Å². The molecule has 1 saturated carbocycles. The van der Waals surface area contributed by atoms with Crippen LogP contribution < -0.4 is 0 Å². The molecule has 0 spiro atoms. The van der Waals surface area contributed by atoms with Gasteiger partial charge in [-0.1, -0.05) is 18.7 Å². The summed E-state index contributed by atoms with van der Waals surface area (Å²) in [5, 5.41) is 19.2. The number of hydrogen-bond acceptors (Lipinski definition) is 5. The second-order valence-electron chi connectivity index (χ2n) is 5.95. The molecular weight excluding hydrogens is 276 g/mol. The Kier molecular flexibility index (Phi) is 3.50. The smallest absolute Gasteiger partial charge is 0.233 e. The molecule has 1 aromatic rings. The Morgan fingerprint density at radius 2 is 2.35 bits per heavy atom. The van der Waals surface area contributed by atoms with Crippen LogP contribution in [0.3, 0.4) is 0 Å². The van der Waals surface area contributed by atoms with Crippen molar-refractivity contribution in [2.24, 2.45) is 18.9 Å². The van der Waals surface area contributed by atoms with Crippen molar-refractivity contribution in [3.63, 3.8) is 0 Å². The maximum Gasteiger partial charge on any atom is 0.233 e. The number of hydrogen-bond donors (Lipinski definition) is 1. The lowest BCUT2D eigenvalue weighted by atomic mass is 9.88. The van der Waals surface area contributed by atoms with Crippen molar-refractivity contribution in [3.8, 4) is 0 Å². The fourth-order valence-corrected chi connectivity index (χ4v) is 3.73. The van der Waals surface area contributed by atoms with Crippen LogP contribution in [0.2, 0.25) is 0 Å². The van der Waals surface area contributed by atoms with Crippen molar-refractivity contribution < 1.29 is 9.90 Å². The van der Waals surface area contributed by atoms with E-state index in [0.717, 1.165) is 18.0 Å². The van der Waals surface area contributed by atoms with Gasteiger partial charge >= 0.3 is 0 Å². The number of thioether (sulfide) groups is 1. The quantitative estimate of drug-likeness (QED) is 0.821. The molecule has 6 nitrogen and oxygen atoms in total. The maximum atomic E-state index is 12.3. The number of amides is 1. The van der Waals surface area contributed by atoms with Gasteiger partial charge in [-0.25, -0.2) is 0 Å². The average molecular weight is 296 g/mol. The molecule has 1 amide bonds. The highest BCUT2D eigenvalue weighted by molar-refractivity contribution is 7.99. The summed E-state index contributed by atoms with van der Waals surface area (Å²) in [4.78, 5) is 14.1. The highest BCUT2D eigenvalue weighted by atomic mass is 32.2. The number of carbonyl (C=O) groups is 1. The Bertz CT molecular complexity index is 516. The van der Waals surface area contributed by atoms with E-state index < -0.39 is 5.60 Å². The third kappa shape index (κ3) is 2.44. The molecule has 1 aromatic heterocycles. The minimum atomic E-state index is -0.662. The average Bonchev–Trinajstić information content (AvgIpc) is 3.13. The van der Waals surface area contributed by atoms with Gasteiger partial charge in [0.15, 0.2) is 5.16 Å². The van der Waals surface area contributed by atoms with E-state index in [2.05, 4.69) is 10.2 Å². The number of aryl methyl sites for hydroxylation is 1. The summed E-state index contributed by atoms with van der Waals surface area (Å²) < 4.78 is 1.80. The van der Waals surface area contributed by atoms with Crippen LogP contribution in [0.5, 0.6) is 0 Å². The lowest BCUT2D eigenvalue weighted by Crippen LogP contribution is -2.40. The summed E-state index contributed by atoms with van der Waals surface area (Å²) in [6.07, 6.45) is 3.81. The van der Waals surface area contributed by atoms with Crippen molar-refractivity contribution in [1.29, 1.82) is 0 Å². The van der Waals surface area contributed by atoms with E-state index in [4.69, 9.17) is 0 Å². The molecule has 2 heterocycles. The normalized spacial score (nSPS) is 29.9. The van der Waals surface area contributed by atoms with E-state index in [1.54, 1.807) is 15.8 Å². The van der Waals surface area contributed by atoms with E-state index in [1.807, 2.05) is 14.0 Å². The van der Waals surface area contributed by atoms with E-state index in [9.17, 15) is 9.90 Å². The monoisotopic (exact) mass is 296 g/mol. The molecule has 2 atom stereocenters. The maximum absolute atomic E-state index is 12.3. The Morgan fingerprint density at radius 1 is 1.60 bits per heavy atom. The number of carbonyl (C=O) groups excluding carboxylic acids is 1. The molecule has 110 valence electrons. The fraction of sp³-hybridized carbons (Fsp3) is 0.769. The Labute approximate surface area is 122 Å². The Hall–Kier alpha value is -1.08. The second kappa shape index (κ2) is 5.04. The van der Waals surface area contributed by atoms with Gasteiger partial charge in [0.25, 0.3) is 0 Å². The first-order chi connectivity index (χ1) is 9.50. The van der Waals surface area contributed by atoms with E-state index in [-0.39, 0.29) is 11.8 Å². The Morgan fingerprint density at radius 3 is 2.95 bits per heavy atom. The summed E-state index contributed by atoms with van der Waals surface area (Å²) in [6.45, 7) is 3.18. The summed E-state index contributed by atoms with van der Waals surface area (Å²) in [5.74, 6) is 0.974. The zero-order valence-corrected chi connectivity index (χ0v) is 12.6. The minimum Gasteiger partial charge on any atom is -0.387 e. The van der Waals surface area contributed by atoms with Crippen LogP contribution in [0.1, 0.15) is 19.8 Å². The number of likely N-dealkylation sites (tertiary alicyclic amines) is 1. The van der Waals surface area contributed by atoms with Gasteiger partial charge in [-0.3, -0.25) is 4.79 Å². The van der Waals surface area contributed by atoms with E-state index in [0.29, 0.717) is 24.8 Å². The number of aliphatic hydroxyl groups is 1. The molecule has 3 rings (SSSR count). The van der Waals surface area contributed by atoms with Gasteiger partial charge in [-0.2, -0.15) is 0 Å². The molecule has 1 saturated heterocycles. The van der Waals surface area contributed by atoms with Crippen LogP contribution in [0.4, 0.5) is 0 Å². The lowest BCUT2D eigenvalue weighted by Gasteiger charge is -2.26. The molecule has 0 unspecified atom stereocenters. The summed E-state index contributed by atoms with van der Waals surface area (Å²) >= 11 is 1.39. The second-order valence-corrected chi connectivity index (χ2v) is 6.90. The van der Waals surface area contributed by atoms with Gasteiger partial charge < -0.3 is 14.6 Å². The van der Waals surface area contributed by atoms with Crippen LogP contribution in [0.15, 0.2) is 11.5 Å². The molecule has 1 aliphatic heterocycles. The minimum absolute atomic E-state index is 0.0708. The Balaban J connectivity index is 1.57. The van der Waals surface area contributed by atoms with Crippen molar-refractivity contribution >= 4 is 17.7 Å². The molecular formula is C13H20N4O2S. The summed E-state index contributed by atoms with van der Waals surface area (Å²) in [7, 11) is 1.86. The zero-order chi connectivity index (χ0) is 14.3. The molecule has 7 heteroatoms. The molecule has 0 aromatic carbocycles. The van der Waals surface area contributed by atoms with Gasteiger partial charge in [0, 0.05) is 19.5 Å². The fourth-order valence-electron chi connectivity index (χ4n) is 2.94. The molecule has 0 radical (unpaired) electrons. The van der Waals surface area contributed by atoms with Crippen molar-refractivity contribution in [2.45, 2.75) is 30.5 Å². The topological polar surface area (TPSA) is 71.2 Å². The first kappa shape index (κ1) is 13.9. The number of rotatable bonds is 4. The van der Waals surface area contributed by atoms with Crippen molar-refractivity contribution in [3.05, 3.63) is 6.33 Å². The molecule has 0 bridgehead atoms. The first-order valence-electron chi connectivity index (χ1n) is 6.97. The van der Waals surface area contributed by atoms with Gasteiger partial charge in [0.1, 0.15) is 6.33 Å². The number of nitrogens with zero attached hydrogens (tertiary/aromatic N) is 4. The highest BCUT2D eigenvalue weighted by Gasteiger charge is 2.53. The molecule has 1 N–H and O–H groups in total. The standard InChI is InChI=1S/C13H20N4O2S/c1-9-5-17(7-13(9,19)10-3-4-10)11(18)6-20-12-15-14-8-16(12)2/h8-10,19H,3-7H2,1-2H3/t9-,13+/m1/s1. The predicted octanol–water partition coefficient (Wildman–Crippen LogP) is 0.527.